The highest BCUT2D eigenvalue weighted by atomic mass is 32.2. The predicted octanol–water partition coefficient (Wildman–Crippen LogP) is 1.58. The minimum Gasteiger partial charge on any atom is -0.465 e. The van der Waals surface area contributed by atoms with Gasteiger partial charge in [0.25, 0.3) is 0 Å². The van der Waals surface area contributed by atoms with Crippen LogP contribution in [0.25, 0.3) is 0 Å². The van der Waals surface area contributed by atoms with Crippen molar-refractivity contribution in [3.63, 3.8) is 0 Å². The van der Waals surface area contributed by atoms with Crippen molar-refractivity contribution in [2.75, 3.05) is 20.3 Å². The van der Waals surface area contributed by atoms with Gasteiger partial charge in [-0.25, -0.2) is 13.2 Å². The second-order valence-corrected chi connectivity index (χ2v) is 7.40. The molecule has 0 aliphatic carbocycles. The van der Waals surface area contributed by atoms with Crippen molar-refractivity contribution in [1.82, 2.24) is 4.31 Å². The fourth-order valence-corrected chi connectivity index (χ4v) is 4.42. The molecule has 1 aliphatic heterocycles. The lowest BCUT2D eigenvalue weighted by Gasteiger charge is -2.36. The maximum absolute atomic E-state index is 12.9. The predicted molar refractivity (Wildman–Crippen MR) is 81.3 cm³/mol. The molecule has 0 spiro atoms. The van der Waals surface area contributed by atoms with Crippen molar-refractivity contribution in [1.29, 1.82) is 0 Å². The van der Waals surface area contributed by atoms with Crippen molar-refractivity contribution in [2.45, 2.75) is 37.8 Å². The fourth-order valence-electron chi connectivity index (χ4n) is 2.52. The molecular formula is C15H21NO5S. The zero-order valence-electron chi connectivity index (χ0n) is 13.2. The van der Waals surface area contributed by atoms with Crippen molar-refractivity contribution < 1.29 is 22.7 Å². The number of morpholine rings is 1. The summed E-state index contributed by atoms with van der Waals surface area (Å²) >= 11 is 0. The summed E-state index contributed by atoms with van der Waals surface area (Å²) in [6.45, 7) is 6.04. The number of methoxy groups -OCH3 is 1. The van der Waals surface area contributed by atoms with Crippen molar-refractivity contribution in [3.8, 4) is 0 Å². The summed E-state index contributed by atoms with van der Waals surface area (Å²) in [5.74, 6) is -0.486. The van der Waals surface area contributed by atoms with Gasteiger partial charge >= 0.3 is 5.97 Å². The smallest absolute Gasteiger partial charge is 0.337 e. The fraction of sp³-hybridized carbons (Fsp3) is 0.533. The van der Waals surface area contributed by atoms with Crippen LogP contribution >= 0.6 is 0 Å². The number of nitrogens with zero attached hydrogens (tertiary/aromatic N) is 1. The van der Waals surface area contributed by atoms with Crippen molar-refractivity contribution in [3.05, 3.63) is 29.3 Å². The molecule has 1 aliphatic rings. The Kier molecular flexibility index (Phi) is 4.89. The van der Waals surface area contributed by atoms with E-state index in [0.717, 1.165) is 0 Å². The first-order chi connectivity index (χ1) is 10.3. The number of sulfonamides is 1. The Morgan fingerprint density at radius 1 is 1.36 bits per heavy atom. The zero-order chi connectivity index (χ0) is 16.5. The van der Waals surface area contributed by atoms with Gasteiger partial charge in [-0.3, -0.25) is 0 Å². The SMILES string of the molecule is COC(=O)c1ccc(S(=O)(=O)N2C[C@H](C)OC[C@H]2C)c(C)c1. The van der Waals surface area contributed by atoms with Crippen LogP contribution in [-0.4, -0.2) is 51.1 Å². The number of aryl methyl sites for hydroxylation is 1. The quantitative estimate of drug-likeness (QED) is 0.788. The molecule has 1 heterocycles. The highest BCUT2D eigenvalue weighted by molar-refractivity contribution is 7.89. The minimum atomic E-state index is -3.62. The van der Waals surface area contributed by atoms with Crippen LogP contribution in [0.15, 0.2) is 23.1 Å². The van der Waals surface area contributed by atoms with Crippen LogP contribution in [0.4, 0.5) is 0 Å². The summed E-state index contributed by atoms with van der Waals surface area (Å²) in [4.78, 5) is 11.7. The van der Waals surface area contributed by atoms with Crippen LogP contribution in [0.3, 0.4) is 0 Å². The van der Waals surface area contributed by atoms with Gasteiger partial charge < -0.3 is 9.47 Å². The number of carbonyl (C=O) groups excluding carboxylic acids is 1. The molecular weight excluding hydrogens is 306 g/mol. The van der Waals surface area contributed by atoms with E-state index in [2.05, 4.69) is 4.74 Å². The van der Waals surface area contributed by atoms with Crippen LogP contribution in [-0.2, 0) is 19.5 Å². The second-order valence-electron chi connectivity index (χ2n) is 5.54. The van der Waals surface area contributed by atoms with Crippen molar-refractivity contribution >= 4 is 16.0 Å². The lowest BCUT2D eigenvalue weighted by Crippen LogP contribution is -2.50. The van der Waals surface area contributed by atoms with E-state index in [1.807, 2.05) is 13.8 Å². The molecule has 0 bridgehead atoms. The number of hydrogen-bond acceptors (Lipinski definition) is 5. The normalized spacial score (nSPS) is 23.3. The maximum atomic E-state index is 12.9. The molecule has 1 saturated heterocycles. The molecule has 1 aromatic carbocycles. The molecule has 6 nitrogen and oxygen atoms in total. The van der Waals surface area contributed by atoms with Crippen LogP contribution < -0.4 is 0 Å². The molecule has 0 radical (unpaired) electrons. The zero-order valence-corrected chi connectivity index (χ0v) is 14.0. The maximum Gasteiger partial charge on any atom is 0.337 e. The molecule has 0 amide bonds. The van der Waals surface area contributed by atoms with Gasteiger partial charge in [0, 0.05) is 12.6 Å². The Hall–Kier alpha value is -1.44. The Morgan fingerprint density at radius 3 is 2.64 bits per heavy atom. The van der Waals surface area contributed by atoms with Gasteiger partial charge in [0.15, 0.2) is 0 Å². The van der Waals surface area contributed by atoms with Gasteiger partial charge in [0.1, 0.15) is 0 Å². The first-order valence-electron chi connectivity index (χ1n) is 7.09. The van der Waals surface area contributed by atoms with E-state index in [9.17, 15) is 13.2 Å². The van der Waals surface area contributed by atoms with E-state index < -0.39 is 16.0 Å². The van der Waals surface area contributed by atoms with Crippen LogP contribution in [0.5, 0.6) is 0 Å². The summed E-state index contributed by atoms with van der Waals surface area (Å²) < 4.78 is 37.3. The van der Waals surface area contributed by atoms with E-state index in [0.29, 0.717) is 24.3 Å². The van der Waals surface area contributed by atoms with Gasteiger partial charge in [-0.2, -0.15) is 4.31 Å². The summed E-state index contributed by atoms with van der Waals surface area (Å²) in [5.41, 5.74) is 0.858. The van der Waals surface area contributed by atoms with Crippen LogP contribution in [0.1, 0.15) is 29.8 Å². The van der Waals surface area contributed by atoms with Gasteiger partial charge in [-0.05, 0) is 44.5 Å². The lowest BCUT2D eigenvalue weighted by molar-refractivity contribution is -0.0170. The first-order valence-corrected chi connectivity index (χ1v) is 8.53. The Balaban J connectivity index is 2.39. The van der Waals surface area contributed by atoms with E-state index in [1.165, 1.54) is 29.6 Å². The number of esters is 1. The summed E-state index contributed by atoms with van der Waals surface area (Å²) in [5, 5.41) is 0. The second kappa shape index (κ2) is 6.36. The Morgan fingerprint density at radius 2 is 2.05 bits per heavy atom. The van der Waals surface area contributed by atoms with E-state index >= 15 is 0 Å². The van der Waals surface area contributed by atoms with Crippen LogP contribution in [0.2, 0.25) is 0 Å². The molecule has 2 rings (SSSR count). The molecule has 22 heavy (non-hydrogen) atoms. The Bertz CT molecular complexity index is 671. The van der Waals surface area contributed by atoms with E-state index in [-0.39, 0.29) is 17.0 Å². The summed E-state index contributed by atoms with van der Waals surface area (Å²) in [6, 6.07) is 4.25. The third kappa shape index (κ3) is 3.16. The Labute approximate surface area is 131 Å². The number of benzene rings is 1. The number of hydrogen-bond donors (Lipinski definition) is 0. The average Bonchev–Trinajstić information content (AvgIpc) is 2.48. The highest BCUT2D eigenvalue weighted by Gasteiger charge is 2.35. The molecule has 2 atom stereocenters. The van der Waals surface area contributed by atoms with E-state index in [4.69, 9.17) is 4.74 Å². The number of rotatable bonds is 3. The average molecular weight is 327 g/mol. The standard InChI is InChI=1S/C15H21NO5S/c1-10-7-13(15(17)20-4)5-6-14(10)22(18,19)16-8-12(3)21-9-11(16)2/h5-7,11-12H,8-9H2,1-4H3/t11-,12+/m1/s1. The summed E-state index contributed by atoms with van der Waals surface area (Å²) in [6.07, 6.45) is -0.138. The van der Waals surface area contributed by atoms with Gasteiger partial charge in [-0.1, -0.05) is 0 Å². The third-order valence-electron chi connectivity index (χ3n) is 3.73. The molecule has 122 valence electrons. The molecule has 7 heteroatoms. The van der Waals surface area contributed by atoms with Crippen LogP contribution in [0, 0.1) is 6.92 Å². The number of carbonyl (C=O) groups is 1. The molecule has 0 saturated carbocycles. The van der Waals surface area contributed by atoms with Gasteiger partial charge in [-0.15, -0.1) is 0 Å². The van der Waals surface area contributed by atoms with E-state index in [1.54, 1.807) is 6.92 Å². The van der Waals surface area contributed by atoms with Gasteiger partial charge in [0.05, 0.1) is 30.3 Å². The largest absolute Gasteiger partial charge is 0.465 e. The monoisotopic (exact) mass is 327 g/mol. The molecule has 1 fully saturated rings. The topological polar surface area (TPSA) is 72.9 Å². The van der Waals surface area contributed by atoms with Gasteiger partial charge in [0.2, 0.25) is 10.0 Å². The summed E-state index contributed by atoms with van der Waals surface area (Å²) in [7, 11) is -2.33. The highest BCUT2D eigenvalue weighted by Crippen LogP contribution is 2.25. The number of ether oxygens (including phenoxy) is 2. The molecule has 0 unspecified atom stereocenters. The van der Waals surface area contributed by atoms with Crippen molar-refractivity contribution in [2.24, 2.45) is 0 Å². The molecule has 0 aromatic heterocycles. The molecule has 0 N–H and O–H groups in total. The third-order valence-corrected chi connectivity index (χ3v) is 5.87. The molecule has 1 aromatic rings. The first kappa shape index (κ1) is 16.9. The lowest BCUT2D eigenvalue weighted by atomic mass is 10.1. The minimum absolute atomic E-state index is 0.138.